The van der Waals surface area contributed by atoms with Crippen LogP contribution in [-0.4, -0.2) is 13.2 Å². The number of hydrogen-bond acceptors (Lipinski definition) is 3. The molecule has 1 aliphatic carbocycles. The number of ether oxygens (including phenoxy) is 2. The van der Waals surface area contributed by atoms with Gasteiger partial charge >= 0.3 is 0 Å². The van der Waals surface area contributed by atoms with Crippen LogP contribution in [0.15, 0.2) is 34.9 Å². The fourth-order valence-electron chi connectivity index (χ4n) is 1.48. The summed E-state index contributed by atoms with van der Waals surface area (Å²) in [7, 11) is 0. The predicted octanol–water partition coefficient (Wildman–Crippen LogP) is 2.52. The van der Waals surface area contributed by atoms with E-state index in [0.29, 0.717) is 13.2 Å². The van der Waals surface area contributed by atoms with E-state index in [1.54, 1.807) is 11.3 Å². The normalized spacial score (nSPS) is 15.6. The number of rotatable bonds is 0. The fourth-order valence-corrected chi connectivity index (χ4v) is 2.26. The van der Waals surface area contributed by atoms with Crippen LogP contribution in [0.5, 0.6) is 11.5 Å². The topological polar surface area (TPSA) is 18.5 Å². The second-order valence-corrected chi connectivity index (χ2v) is 4.17. The molecule has 1 aromatic heterocycles. The lowest BCUT2D eigenvalue weighted by molar-refractivity contribution is 0.173. The lowest BCUT2D eigenvalue weighted by Gasteiger charge is -2.14. The van der Waals surface area contributed by atoms with Crippen LogP contribution in [0.3, 0.4) is 0 Å². The van der Waals surface area contributed by atoms with Crippen LogP contribution < -0.4 is 9.47 Å². The predicted molar refractivity (Wildman–Crippen MR) is 62.9 cm³/mol. The molecule has 0 amide bonds. The maximum atomic E-state index is 5.54. The Balaban J connectivity index is 1.92. The average Bonchev–Trinajstić information content (AvgIpc) is 2.96. The Labute approximate surface area is 97.5 Å². The van der Waals surface area contributed by atoms with Gasteiger partial charge in [0.1, 0.15) is 18.1 Å². The Morgan fingerprint density at radius 1 is 1.25 bits per heavy atom. The summed E-state index contributed by atoms with van der Waals surface area (Å²) in [6.45, 7) is 1.22. The third kappa shape index (κ3) is 1.65. The van der Waals surface area contributed by atoms with Crippen LogP contribution >= 0.6 is 11.3 Å². The molecular weight excluding hydrogens is 220 g/mol. The van der Waals surface area contributed by atoms with Gasteiger partial charge in [0.2, 0.25) is 0 Å². The summed E-state index contributed by atoms with van der Waals surface area (Å²) in [5.41, 5.74) is 3.94. The summed E-state index contributed by atoms with van der Waals surface area (Å²) < 4.78 is 11.0. The van der Waals surface area contributed by atoms with E-state index < -0.39 is 0 Å². The van der Waals surface area contributed by atoms with E-state index >= 15 is 0 Å². The molecule has 0 N–H and O–H groups in total. The van der Waals surface area contributed by atoms with Gasteiger partial charge < -0.3 is 9.47 Å². The largest absolute Gasteiger partial charge is 0.485 e. The third-order valence-corrected chi connectivity index (χ3v) is 3.06. The highest BCUT2D eigenvalue weighted by molar-refractivity contribution is 7.11. The van der Waals surface area contributed by atoms with E-state index in [-0.39, 0.29) is 0 Å². The van der Waals surface area contributed by atoms with Crippen molar-refractivity contribution >= 4 is 11.3 Å². The second-order valence-electron chi connectivity index (χ2n) is 3.29. The standard InChI is InChI=1S/C13H8O2S/c1-2-4-10(3-1)5-6-12-13-11(9-16-12)14-7-8-15-13/h1-3,9H,7-8H2. The van der Waals surface area contributed by atoms with Crippen LogP contribution in [0.25, 0.3) is 0 Å². The van der Waals surface area contributed by atoms with Crippen molar-refractivity contribution in [2.24, 2.45) is 0 Å². The van der Waals surface area contributed by atoms with Gasteiger partial charge in [-0.15, -0.1) is 17.1 Å². The second kappa shape index (κ2) is 3.94. The molecule has 0 fully saturated rings. The Morgan fingerprint density at radius 3 is 3.06 bits per heavy atom. The zero-order valence-corrected chi connectivity index (χ0v) is 9.26. The third-order valence-electron chi connectivity index (χ3n) is 2.21. The molecule has 0 spiro atoms. The summed E-state index contributed by atoms with van der Waals surface area (Å²) in [4.78, 5) is 0.921. The molecule has 2 aliphatic rings. The van der Waals surface area contributed by atoms with Crippen molar-refractivity contribution in [3.05, 3.63) is 39.8 Å². The molecule has 2 nitrogen and oxygen atoms in total. The van der Waals surface area contributed by atoms with Gasteiger partial charge in [-0.1, -0.05) is 12.0 Å². The highest BCUT2D eigenvalue weighted by atomic mass is 32.1. The van der Waals surface area contributed by atoms with Crippen molar-refractivity contribution in [3.63, 3.8) is 0 Å². The summed E-state index contributed by atoms with van der Waals surface area (Å²) in [6, 6.07) is 0. The maximum absolute atomic E-state index is 5.54. The molecule has 1 aliphatic heterocycles. The highest BCUT2D eigenvalue weighted by Crippen LogP contribution is 2.38. The van der Waals surface area contributed by atoms with Gasteiger partial charge in [0.05, 0.1) is 5.57 Å². The Morgan fingerprint density at radius 2 is 2.19 bits per heavy atom. The summed E-state index contributed by atoms with van der Waals surface area (Å²) in [5.74, 6) is 7.73. The van der Waals surface area contributed by atoms with Crippen LogP contribution in [0.2, 0.25) is 0 Å². The molecule has 2 heterocycles. The molecule has 0 saturated carbocycles. The molecule has 78 valence electrons. The van der Waals surface area contributed by atoms with E-state index in [1.165, 1.54) is 0 Å². The van der Waals surface area contributed by atoms with Gasteiger partial charge in [0.15, 0.2) is 11.5 Å². The zero-order valence-electron chi connectivity index (χ0n) is 8.45. The smallest absolute Gasteiger partial charge is 0.187 e. The quantitative estimate of drug-likeness (QED) is 0.502. The molecule has 0 unspecified atom stereocenters. The molecule has 0 radical (unpaired) electrons. The minimum Gasteiger partial charge on any atom is -0.485 e. The number of thiophene rings is 1. The van der Waals surface area contributed by atoms with Gasteiger partial charge in [-0.05, 0) is 18.1 Å². The van der Waals surface area contributed by atoms with Gasteiger partial charge in [-0.25, -0.2) is 0 Å². The van der Waals surface area contributed by atoms with Gasteiger partial charge in [-0.3, -0.25) is 0 Å². The first-order chi connectivity index (χ1) is 7.93. The van der Waals surface area contributed by atoms with E-state index in [2.05, 4.69) is 17.6 Å². The molecule has 0 atom stereocenters. The molecule has 16 heavy (non-hydrogen) atoms. The van der Waals surface area contributed by atoms with Crippen molar-refractivity contribution < 1.29 is 9.47 Å². The zero-order chi connectivity index (χ0) is 10.8. The number of hydrogen-bond donors (Lipinski definition) is 0. The first-order valence-electron chi connectivity index (χ1n) is 4.96. The lowest BCUT2D eigenvalue weighted by atomic mass is 10.3. The average molecular weight is 228 g/mol. The number of fused-ring (bicyclic) bond motifs is 1. The molecule has 1 aromatic rings. The lowest BCUT2D eigenvalue weighted by Crippen LogP contribution is -2.14. The number of allylic oxidation sites excluding steroid dienone is 3. The first kappa shape index (κ1) is 9.35. The van der Waals surface area contributed by atoms with Crippen molar-refractivity contribution in [1.29, 1.82) is 0 Å². The highest BCUT2D eigenvalue weighted by Gasteiger charge is 2.17. The van der Waals surface area contributed by atoms with Crippen LogP contribution in [-0.2, 0) is 0 Å². The van der Waals surface area contributed by atoms with Crippen molar-refractivity contribution in [1.82, 2.24) is 0 Å². The van der Waals surface area contributed by atoms with E-state index in [9.17, 15) is 0 Å². The van der Waals surface area contributed by atoms with Crippen molar-refractivity contribution in [2.45, 2.75) is 0 Å². The van der Waals surface area contributed by atoms with E-state index in [1.807, 2.05) is 23.6 Å². The van der Waals surface area contributed by atoms with Gasteiger partial charge in [0, 0.05) is 5.38 Å². The maximum Gasteiger partial charge on any atom is 0.187 e. The van der Waals surface area contributed by atoms with E-state index in [0.717, 1.165) is 21.9 Å². The molecule has 3 heteroatoms. The minimum atomic E-state index is 0.598. The summed E-state index contributed by atoms with van der Waals surface area (Å²) in [6.07, 6.45) is 5.71. The summed E-state index contributed by atoms with van der Waals surface area (Å²) in [5, 5.41) is 1.94. The van der Waals surface area contributed by atoms with Crippen LogP contribution in [0.1, 0.15) is 4.88 Å². The summed E-state index contributed by atoms with van der Waals surface area (Å²) >= 11 is 1.55. The van der Waals surface area contributed by atoms with Crippen LogP contribution in [0, 0.1) is 11.8 Å². The Hall–Kier alpha value is -1.88. The van der Waals surface area contributed by atoms with Gasteiger partial charge in [0.25, 0.3) is 0 Å². The minimum absolute atomic E-state index is 0.598. The van der Waals surface area contributed by atoms with Gasteiger partial charge in [-0.2, -0.15) is 0 Å². The van der Waals surface area contributed by atoms with E-state index in [4.69, 9.17) is 9.47 Å². The molecule has 3 rings (SSSR count). The van der Waals surface area contributed by atoms with Crippen molar-refractivity contribution in [3.8, 4) is 23.3 Å². The van der Waals surface area contributed by atoms with Crippen LogP contribution in [0.4, 0.5) is 0 Å². The Bertz CT molecular complexity index is 575. The molecule has 0 saturated heterocycles. The first-order valence-corrected chi connectivity index (χ1v) is 5.84. The molecule has 0 bridgehead atoms. The molecular formula is C13H8O2S. The SMILES string of the molecule is C1=CC=CC=1C#Cc1scc2c1OCCO2. The van der Waals surface area contributed by atoms with Crippen molar-refractivity contribution in [2.75, 3.05) is 13.2 Å². The monoisotopic (exact) mass is 228 g/mol. The fraction of sp³-hybridized carbons (Fsp3) is 0.154. The molecule has 0 aromatic carbocycles. The Kier molecular flexibility index (Phi) is 2.30.